The van der Waals surface area contributed by atoms with Crippen molar-refractivity contribution in [2.75, 3.05) is 0 Å². The Bertz CT molecular complexity index is 393. The van der Waals surface area contributed by atoms with Crippen molar-refractivity contribution >= 4 is 17.3 Å². The van der Waals surface area contributed by atoms with E-state index in [2.05, 4.69) is 0 Å². The van der Waals surface area contributed by atoms with Crippen molar-refractivity contribution in [1.29, 1.82) is 0 Å². The zero-order valence-corrected chi connectivity index (χ0v) is 10.5. The molecule has 2 unspecified atom stereocenters. The minimum atomic E-state index is -0.359. The van der Waals surface area contributed by atoms with E-state index in [1.54, 1.807) is 19.1 Å². The van der Waals surface area contributed by atoms with Gasteiger partial charge in [0.2, 0.25) is 0 Å². The lowest BCUT2D eigenvalue weighted by molar-refractivity contribution is -0.385. The number of hydrogen-bond acceptors (Lipinski definition) is 2. The quantitative estimate of drug-likeness (QED) is 0.454. The van der Waals surface area contributed by atoms with Crippen LogP contribution in [0.3, 0.4) is 0 Å². The van der Waals surface area contributed by atoms with E-state index in [1.165, 1.54) is 0 Å². The molecule has 0 aliphatic carbocycles. The fourth-order valence-corrected chi connectivity index (χ4v) is 1.87. The SMILES string of the molecule is CCC(Cl)C(C)c1ccc([N+](=O)[O-])c(C)c1. The maximum atomic E-state index is 10.7. The molecule has 0 amide bonds. The number of rotatable bonds is 4. The Labute approximate surface area is 101 Å². The highest BCUT2D eigenvalue weighted by atomic mass is 35.5. The van der Waals surface area contributed by atoms with Crippen molar-refractivity contribution in [3.63, 3.8) is 0 Å². The van der Waals surface area contributed by atoms with Gasteiger partial charge in [-0.3, -0.25) is 10.1 Å². The van der Waals surface area contributed by atoms with Gasteiger partial charge in [0.15, 0.2) is 0 Å². The lowest BCUT2D eigenvalue weighted by Gasteiger charge is -2.17. The molecule has 3 nitrogen and oxygen atoms in total. The van der Waals surface area contributed by atoms with E-state index < -0.39 is 0 Å². The summed E-state index contributed by atoms with van der Waals surface area (Å²) in [5, 5.41) is 10.7. The smallest absolute Gasteiger partial charge is 0.258 e. The van der Waals surface area contributed by atoms with Crippen molar-refractivity contribution < 1.29 is 4.92 Å². The topological polar surface area (TPSA) is 43.1 Å². The Balaban J connectivity index is 3.01. The number of nitrogens with zero attached hydrogens (tertiary/aromatic N) is 1. The van der Waals surface area contributed by atoms with Crippen LogP contribution in [0.2, 0.25) is 0 Å². The number of nitro groups is 1. The van der Waals surface area contributed by atoms with E-state index in [0.717, 1.165) is 12.0 Å². The summed E-state index contributed by atoms with van der Waals surface area (Å²) in [4.78, 5) is 10.3. The maximum Gasteiger partial charge on any atom is 0.272 e. The lowest BCUT2D eigenvalue weighted by Crippen LogP contribution is -2.08. The highest BCUT2D eigenvalue weighted by Crippen LogP contribution is 2.28. The van der Waals surface area contributed by atoms with Crippen molar-refractivity contribution in [3.8, 4) is 0 Å². The predicted octanol–water partition coefficient (Wildman–Crippen LogP) is 4.02. The summed E-state index contributed by atoms with van der Waals surface area (Å²) in [7, 11) is 0. The summed E-state index contributed by atoms with van der Waals surface area (Å²) in [6, 6.07) is 5.20. The van der Waals surface area contributed by atoms with E-state index in [1.807, 2.05) is 19.9 Å². The fraction of sp³-hybridized carbons (Fsp3) is 0.500. The van der Waals surface area contributed by atoms with Gasteiger partial charge in [-0.05, 0) is 30.9 Å². The first-order chi connectivity index (χ1) is 7.47. The Hall–Kier alpha value is -1.09. The van der Waals surface area contributed by atoms with Gasteiger partial charge < -0.3 is 0 Å². The first-order valence-electron chi connectivity index (χ1n) is 5.36. The second-order valence-corrected chi connectivity index (χ2v) is 4.58. The Kier molecular flexibility index (Phi) is 4.30. The number of hydrogen-bond donors (Lipinski definition) is 0. The van der Waals surface area contributed by atoms with Gasteiger partial charge in [-0.25, -0.2) is 0 Å². The Morgan fingerprint density at radius 2 is 2.12 bits per heavy atom. The van der Waals surface area contributed by atoms with Crippen molar-refractivity contribution in [3.05, 3.63) is 39.4 Å². The zero-order chi connectivity index (χ0) is 12.3. The highest BCUT2D eigenvalue weighted by molar-refractivity contribution is 6.21. The molecule has 0 spiro atoms. The standard InChI is InChI=1S/C12H16ClNO2/c1-4-11(13)9(3)10-5-6-12(14(15)16)8(2)7-10/h5-7,9,11H,4H2,1-3H3. The molecule has 2 atom stereocenters. The van der Waals surface area contributed by atoms with E-state index in [4.69, 9.17) is 11.6 Å². The molecule has 0 aliphatic heterocycles. The fourth-order valence-electron chi connectivity index (χ4n) is 1.73. The van der Waals surface area contributed by atoms with Crippen molar-refractivity contribution in [2.24, 2.45) is 0 Å². The third-order valence-electron chi connectivity index (χ3n) is 2.88. The zero-order valence-electron chi connectivity index (χ0n) is 9.74. The van der Waals surface area contributed by atoms with E-state index in [-0.39, 0.29) is 21.9 Å². The third-order valence-corrected chi connectivity index (χ3v) is 3.56. The number of alkyl halides is 1. The highest BCUT2D eigenvalue weighted by Gasteiger charge is 2.17. The van der Waals surface area contributed by atoms with Gasteiger partial charge in [0.05, 0.1) is 4.92 Å². The van der Waals surface area contributed by atoms with Crippen LogP contribution in [-0.2, 0) is 0 Å². The van der Waals surface area contributed by atoms with Crippen LogP contribution in [0.25, 0.3) is 0 Å². The molecule has 0 aromatic heterocycles. The molecule has 0 bridgehead atoms. The van der Waals surface area contributed by atoms with Gasteiger partial charge >= 0.3 is 0 Å². The van der Waals surface area contributed by atoms with Gasteiger partial charge in [-0.2, -0.15) is 0 Å². The van der Waals surface area contributed by atoms with Crippen LogP contribution < -0.4 is 0 Å². The van der Waals surface area contributed by atoms with Crippen molar-refractivity contribution in [2.45, 2.75) is 38.5 Å². The molecule has 0 aliphatic rings. The largest absolute Gasteiger partial charge is 0.272 e. The summed E-state index contributed by atoms with van der Waals surface area (Å²) < 4.78 is 0. The predicted molar refractivity (Wildman–Crippen MR) is 66.2 cm³/mol. The lowest BCUT2D eigenvalue weighted by atomic mass is 9.94. The van der Waals surface area contributed by atoms with Gasteiger partial charge in [0, 0.05) is 17.0 Å². The van der Waals surface area contributed by atoms with Crippen LogP contribution in [0.5, 0.6) is 0 Å². The van der Waals surface area contributed by atoms with Crippen LogP contribution in [0.1, 0.15) is 37.3 Å². The van der Waals surface area contributed by atoms with E-state index in [9.17, 15) is 10.1 Å². The minimum Gasteiger partial charge on any atom is -0.258 e. The van der Waals surface area contributed by atoms with Crippen LogP contribution in [0.4, 0.5) is 5.69 Å². The summed E-state index contributed by atoms with van der Waals surface area (Å²) in [5.41, 5.74) is 1.91. The van der Waals surface area contributed by atoms with E-state index >= 15 is 0 Å². The molecule has 1 aromatic carbocycles. The van der Waals surface area contributed by atoms with Gasteiger partial charge in [-0.1, -0.05) is 19.9 Å². The molecular formula is C12H16ClNO2. The van der Waals surface area contributed by atoms with Crippen LogP contribution in [-0.4, -0.2) is 10.3 Å². The minimum absolute atomic E-state index is 0.0702. The second kappa shape index (κ2) is 5.30. The number of nitro benzene ring substituents is 1. The average molecular weight is 242 g/mol. The first kappa shape index (κ1) is 13.0. The van der Waals surface area contributed by atoms with Crippen LogP contribution >= 0.6 is 11.6 Å². The number of halogens is 1. The van der Waals surface area contributed by atoms with Gasteiger partial charge in [0.25, 0.3) is 5.69 Å². The molecule has 0 radical (unpaired) electrons. The molecule has 1 rings (SSSR count). The van der Waals surface area contributed by atoms with Gasteiger partial charge in [0.1, 0.15) is 0 Å². The Morgan fingerprint density at radius 1 is 1.50 bits per heavy atom. The van der Waals surface area contributed by atoms with Crippen molar-refractivity contribution in [1.82, 2.24) is 0 Å². The molecule has 0 N–H and O–H groups in total. The molecule has 1 aromatic rings. The monoisotopic (exact) mass is 241 g/mol. The molecule has 88 valence electrons. The maximum absolute atomic E-state index is 10.7. The Morgan fingerprint density at radius 3 is 2.56 bits per heavy atom. The molecule has 16 heavy (non-hydrogen) atoms. The average Bonchev–Trinajstić information content (AvgIpc) is 2.26. The van der Waals surface area contributed by atoms with Gasteiger partial charge in [-0.15, -0.1) is 11.6 Å². The summed E-state index contributed by atoms with van der Waals surface area (Å²) >= 11 is 6.17. The molecule has 4 heteroatoms. The van der Waals surface area contributed by atoms with E-state index in [0.29, 0.717) is 5.56 Å². The summed E-state index contributed by atoms with van der Waals surface area (Å²) in [5.74, 6) is 0.214. The molecule has 0 fully saturated rings. The van der Waals surface area contributed by atoms with Crippen LogP contribution in [0, 0.1) is 17.0 Å². The number of benzene rings is 1. The third kappa shape index (κ3) is 2.73. The molecule has 0 saturated carbocycles. The number of aryl methyl sites for hydroxylation is 1. The second-order valence-electron chi connectivity index (χ2n) is 4.02. The van der Waals surface area contributed by atoms with Crippen LogP contribution in [0.15, 0.2) is 18.2 Å². The summed E-state index contributed by atoms with van der Waals surface area (Å²) in [6.07, 6.45) is 0.888. The normalized spacial score (nSPS) is 14.5. The molecule has 0 heterocycles. The first-order valence-corrected chi connectivity index (χ1v) is 5.80. The summed E-state index contributed by atoms with van der Waals surface area (Å²) in [6.45, 7) is 5.83. The molecular weight excluding hydrogens is 226 g/mol. The molecule has 0 saturated heterocycles.